The van der Waals surface area contributed by atoms with Crippen molar-refractivity contribution in [2.45, 2.75) is 83.4 Å². The highest BCUT2D eigenvalue weighted by Gasteiger charge is 2.67. The van der Waals surface area contributed by atoms with Gasteiger partial charge in [-0.2, -0.15) is 0 Å². The first kappa shape index (κ1) is 31.5. The first-order valence-corrected chi connectivity index (χ1v) is 17.2. The van der Waals surface area contributed by atoms with Crippen molar-refractivity contribution in [1.29, 1.82) is 0 Å². The molecule has 2 aliphatic heterocycles. The summed E-state index contributed by atoms with van der Waals surface area (Å²) in [6, 6.07) is 20.4. The highest BCUT2D eigenvalue weighted by atomic mass is 16.5. The van der Waals surface area contributed by atoms with Crippen LogP contribution in [0.25, 0.3) is 6.08 Å². The van der Waals surface area contributed by atoms with Crippen molar-refractivity contribution >= 4 is 18.0 Å². The fourth-order valence-electron chi connectivity index (χ4n) is 9.23. The van der Waals surface area contributed by atoms with Crippen LogP contribution in [0.15, 0.2) is 66.7 Å². The molecule has 47 heavy (non-hydrogen) atoms. The van der Waals surface area contributed by atoms with E-state index >= 15 is 0 Å². The van der Waals surface area contributed by atoms with Crippen LogP contribution < -0.4 is 9.47 Å². The quantitative estimate of drug-likeness (QED) is 0.165. The monoisotopic (exact) mass is 634 g/mol. The molecule has 1 N–H and O–H groups in total. The number of benzene rings is 3. The van der Waals surface area contributed by atoms with Crippen LogP contribution in [0.1, 0.15) is 67.9 Å². The molecule has 5 atom stereocenters. The van der Waals surface area contributed by atoms with E-state index in [4.69, 9.17) is 9.47 Å². The van der Waals surface area contributed by atoms with Gasteiger partial charge < -0.3 is 19.5 Å². The van der Waals surface area contributed by atoms with Crippen LogP contribution in [0.4, 0.5) is 0 Å². The molecule has 2 fully saturated rings. The summed E-state index contributed by atoms with van der Waals surface area (Å²) >= 11 is 0. The molecular weight excluding hydrogens is 588 g/mol. The summed E-state index contributed by atoms with van der Waals surface area (Å²) in [5.74, 6) is 1.10. The lowest BCUT2D eigenvalue weighted by Crippen LogP contribution is -2.69. The average molecular weight is 635 g/mol. The zero-order valence-electron chi connectivity index (χ0n) is 27.9. The SMILES string of the molecule is CC(=O)Oc1cc(O)c2c3c1C[C@@H]1[C@H]4CC[C@@H](N(CC(C)C)C(=O)C=Cc5cccc(C)c5)[C@H](O2)[C@]34CCN1CCc1ccccc1. The van der Waals surface area contributed by atoms with Crippen molar-refractivity contribution in [1.82, 2.24) is 9.80 Å². The number of aryl methyl sites for hydroxylation is 1. The molecule has 1 amide bonds. The molecule has 1 saturated heterocycles. The highest BCUT2D eigenvalue weighted by Crippen LogP contribution is 2.65. The number of hydrogen-bond donors (Lipinski definition) is 1. The number of likely N-dealkylation sites (tertiary alicyclic amines) is 1. The number of esters is 1. The van der Waals surface area contributed by atoms with Gasteiger partial charge in [0.05, 0.1) is 6.04 Å². The minimum atomic E-state index is -0.405. The van der Waals surface area contributed by atoms with Crippen LogP contribution in [0.5, 0.6) is 17.2 Å². The lowest BCUT2D eigenvalue weighted by molar-refractivity contribution is -0.138. The molecule has 0 unspecified atom stereocenters. The molecule has 2 aliphatic carbocycles. The van der Waals surface area contributed by atoms with E-state index in [2.05, 4.69) is 68.1 Å². The Hall–Kier alpha value is -4.10. The summed E-state index contributed by atoms with van der Waals surface area (Å²) in [6.45, 7) is 10.2. The number of ether oxygens (including phenoxy) is 2. The number of carbonyl (C=O) groups is 2. The molecule has 7 heteroatoms. The second-order valence-corrected chi connectivity index (χ2v) is 14.4. The van der Waals surface area contributed by atoms with Crippen LogP contribution in [0.2, 0.25) is 0 Å². The maximum absolute atomic E-state index is 14.1. The molecule has 1 spiro atoms. The average Bonchev–Trinajstić information content (AvgIpc) is 3.39. The number of aromatic hydroxyl groups is 1. The topological polar surface area (TPSA) is 79.3 Å². The van der Waals surface area contributed by atoms with E-state index in [-0.39, 0.29) is 41.2 Å². The van der Waals surface area contributed by atoms with Gasteiger partial charge in [0, 0.05) is 54.7 Å². The second-order valence-electron chi connectivity index (χ2n) is 14.4. The van der Waals surface area contributed by atoms with Gasteiger partial charge in [-0.25, -0.2) is 0 Å². The Bertz CT molecular complexity index is 1700. The first-order valence-electron chi connectivity index (χ1n) is 17.2. The minimum Gasteiger partial charge on any atom is -0.504 e. The number of nitrogens with zero attached hydrogens (tertiary/aromatic N) is 2. The van der Waals surface area contributed by atoms with E-state index in [0.717, 1.165) is 67.4 Å². The third-order valence-electron chi connectivity index (χ3n) is 11.0. The molecule has 7 rings (SSSR count). The normalized spacial score (nSPS) is 25.8. The Balaban J connectivity index is 1.27. The third kappa shape index (κ3) is 5.62. The van der Waals surface area contributed by atoms with Gasteiger partial charge in [0.1, 0.15) is 11.9 Å². The van der Waals surface area contributed by atoms with Crippen LogP contribution in [0, 0.1) is 18.8 Å². The van der Waals surface area contributed by atoms with Crippen LogP contribution in [-0.4, -0.2) is 64.6 Å². The van der Waals surface area contributed by atoms with Gasteiger partial charge in [-0.1, -0.05) is 74.0 Å². The first-order chi connectivity index (χ1) is 22.7. The molecule has 246 valence electrons. The number of hydrogen-bond acceptors (Lipinski definition) is 6. The predicted octanol–water partition coefficient (Wildman–Crippen LogP) is 6.47. The number of carbonyl (C=O) groups excluding carboxylic acids is 2. The van der Waals surface area contributed by atoms with E-state index in [1.54, 1.807) is 12.1 Å². The standard InChI is InChI=1S/C40H46N2O5/c1-25(2)24-42(36(45)16-13-29-12-8-9-26(3)21-29)32-15-14-31-33-22-30-35(46-27(4)43)23-34(44)38-37(30)40(31,39(32)47-38)18-20-41(33)19-17-28-10-6-5-7-11-28/h5-13,16,21,23,25,31-33,39,44H,14-15,17-20,22,24H2,1-4H3/t31-,32-,33-,39+,40+/m1/s1. The highest BCUT2D eigenvalue weighted by molar-refractivity contribution is 5.92. The van der Waals surface area contributed by atoms with E-state index in [1.165, 1.54) is 12.5 Å². The van der Waals surface area contributed by atoms with Crippen LogP contribution in [-0.2, 0) is 27.8 Å². The van der Waals surface area contributed by atoms with Crippen molar-refractivity contribution in [2.75, 3.05) is 19.6 Å². The molecule has 4 aliphatic rings. The Morgan fingerprint density at radius 2 is 1.94 bits per heavy atom. The Morgan fingerprint density at radius 1 is 1.13 bits per heavy atom. The van der Waals surface area contributed by atoms with Crippen molar-refractivity contribution in [2.24, 2.45) is 11.8 Å². The molecule has 0 radical (unpaired) electrons. The van der Waals surface area contributed by atoms with Gasteiger partial charge in [-0.15, -0.1) is 0 Å². The molecule has 2 bridgehead atoms. The summed E-state index contributed by atoms with van der Waals surface area (Å²) in [6.07, 6.45) is 7.66. The van der Waals surface area contributed by atoms with Gasteiger partial charge in [0.2, 0.25) is 5.91 Å². The molecule has 7 nitrogen and oxygen atoms in total. The Kier molecular flexibility index (Phi) is 8.37. The maximum atomic E-state index is 14.1. The second kappa shape index (κ2) is 12.5. The Morgan fingerprint density at radius 3 is 2.68 bits per heavy atom. The summed E-state index contributed by atoms with van der Waals surface area (Å²) in [7, 11) is 0. The maximum Gasteiger partial charge on any atom is 0.308 e. The fourth-order valence-corrected chi connectivity index (χ4v) is 9.23. The van der Waals surface area contributed by atoms with Crippen molar-refractivity contribution < 1.29 is 24.2 Å². The zero-order chi connectivity index (χ0) is 32.9. The zero-order valence-corrected chi connectivity index (χ0v) is 27.9. The lowest BCUT2D eigenvalue weighted by atomic mass is 9.50. The number of rotatable bonds is 9. The van der Waals surface area contributed by atoms with Crippen LogP contribution >= 0.6 is 0 Å². The van der Waals surface area contributed by atoms with Gasteiger partial charge in [0.15, 0.2) is 11.5 Å². The number of phenols is 1. The Labute approximate surface area is 278 Å². The third-order valence-corrected chi connectivity index (χ3v) is 11.0. The number of phenolic OH excluding ortho intramolecular Hbond substituents is 1. The van der Waals surface area contributed by atoms with E-state index in [0.29, 0.717) is 24.0 Å². The predicted molar refractivity (Wildman–Crippen MR) is 183 cm³/mol. The molecule has 0 aromatic heterocycles. The fraction of sp³-hybridized carbons (Fsp3) is 0.450. The van der Waals surface area contributed by atoms with Gasteiger partial charge in [0.25, 0.3) is 0 Å². The van der Waals surface area contributed by atoms with E-state index < -0.39 is 5.97 Å². The van der Waals surface area contributed by atoms with E-state index in [9.17, 15) is 14.7 Å². The van der Waals surface area contributed by atoms with Crippen molar-refractivity contribution in [3.05, 3.63) is 94.6 Å². The number of piperidine rings is 1. The van der Waals surface area contributed by atoms with Crippen LogP contribution in [0.3, 0.4) is 0 Å². The summed E-state index contributed by atoms with van der Waals surface area (Å²) in [4.78, 5) is 31.0. The summed E-state index contributed by atoms with van der Waals surface area (Å²) in [5.41, 5.74) is 5.08. The van der Waals surface area contributed by atoms with Gasteiger partial charge in [-0.3, -0.25) is 14.5 Å². The smallest absolute Gasteiger partial charge is 0.308 e. The van der Waals surface area contributed by atoms with Gasteiger partial charge >= 0.3 is 5.97 Å². The molecule has 2 heterocycles. The molecule has 3 aromatic rings. The molecule has 1 saturated carbocycles. The largest absolute Gasteiger partial charge is 0.504 e. The van der Waals surface area contributed by atoms with Gasteiger partial charge in [-0.05, 0) is 74.6 Å². The molecular formula is C40H46N2O5. The van der Waals surface area contributed by atoms with Crippen molar-refractivity contribution in [3.63, 3.8) is 0 Å². The summed E-state index contributed by atoms with van der Waals surface area (Å²) < 4.78 is 12.7. The summed E-state index contributed by atoms with van der Waals surface area (Å²) in [5, 5.41) is 11.4. The number of amides is 1. The molecule has 3 aromatic carbocycles. The van der Waals surface area contributed by atoms with Crippen molar-refractivity contribution in [3.8, 4) is 17.2 Å². The lowest BCUT2D eigenvalue weighted by Gasteiger charge is -2.60. The van der Waals surface area contributed by atoms with E-state index in [1.807, 2.05) is 23.1 Å². The minimum absolute atomic E-state index is 0.00677.